The van der Waals surface area contributed by atoms with E-state index in [2.05, 4.69) is 5.32 Å². The van der Waals surface area contributed by atoms with Gasteiger partial charge in [0, 0.05) is 5.69 Å². The summed E-state index contributed by atoms with van der Waals surface area (Å²) in [4.78, 5) is 24.4. The Labute approximate surface area is 145 Å². The van der Waals surface area contributed by atoms with Gasteiger partial charge in [-0.15, -0.1) is 0 Å². The lowest BCUT2D eigenvalue weighted by molar-refractivity contribution is -0.123. The number of carbonyl (C=O) groups is 2. The number of fused-ring (bicyclic) bond motifs is 1. The van der Waals surface area contributed by atoms with E-state index in [4.69, 9.17) is 14.2 Å². The molecule has 6 heteroatoms. The second kappa shape index (κ2) is 7.25. The monoisotopic (exact) mass is 341 g/mol. The maximum Gasteiger partial charge on any atom is 0.339 e. The Morgan fingerprint density at radius 3 is 2.60 bits per heavy atom. The molecule has 2 aromatic rings. The lowest BCUT2D eigenvalue weighted by Gasteiger charge is -2.19. The average Bonchev–Trinajstić information content (AvgIpc) is 2.61. The number of carbonyl (C=O) groups excluding carboxylic acids is 2. The third kappa shape index (κ3) is 4.09. The maximum absolute atomic E-state index is 12.3. The number of hydrogen-bond donors (Lipinski definition) is 1. The predicted molar refractivity (Wildman–Crippen MR) is 92.1 cm³/mol. The molecular formula is C19H19NO5. The first kappa shape index (κ1) is 16.8. The van der Waals surface area contributed by atoms with E-state index in [0.717, 1.165) is 5.56 Å². The summed E-state index contributed by atoms with van der Waals surface area (Å²) in [5.41, 5.74) is 1.99. The standard InChI is InChI=1S/C19H19NO5/c1-12-4-3-5-15(10-12)20-18(21)13(2)25-19(22)14-6-7-16-17(11-14)24-9-8-23-16/h3-7,10-11,13H,8-9H2,1-2H3,(H,20,21)/t13-/m0/s1. The molecule has 1 aliphatic heterocycles. The zero-order valence-corrected chi connectivity index (χ0v) is 14.1. The van der Waals surface area contributed by atoms with E-state index < -0.39 is 18.0 Å². The van der Waals surface area contributed by atoms with Crippen molar-refractivity contribution in [2.24, 2.45) is 0 Å². The Morgan fingerprint density at radius 1 is 1.08 bits per heavy atom. The first-order valence-corrected chi connectivity index (χ1v) is 8.01. The van der Waals surface area contributed by atoms with Gasteiger partial charge in [0.25, 0.3) is 5.91 Å². The molecule has 0 aromatic heterocycles. The van der Waals surface area contributed by atoms with Gasteiger partial charge in [0.15, 0.2) is 17.6 Å². The van der Waals surface area contributed by atoms with Crippen molar-refractivity contribution in [3.05, 3.63) is 53.6 Å². The molecule has 1 N–H and O–H groups in total. The quantitative estimate of drug-likeness (QED) is 0.866. The van der Waals surface area contributed by atoms with E-state index in [1.54, 1.807) is 24.3 Å². The SMILES string of the molecule is Cc1cccc(NC(=O)[C@H](C)OC(=O)c2ccc3c(c2)OCCO3)c1. The smallest absolute Gasteiger partial charge is 0.339 e. The van der Waals surface area contributed by atoms with Crippen LogP contribution in [-0.2, 0) is 9.53 Å². The fourth-order valence-electron chi connectivity index (χ4n) is 2.42. The van der Waals surface area contributed by atoms with Gasteiger partial charge in [-0.25, -0.2) is 4.79 Å². The summed E-state index contributed by atoms with van der Waals surface area (Å²) < 4.78 is 16.1. The molecule has 0 fully saturated rings. The third-order valence-corrected chi connectivity index (χ3v) is 3.72. The fourth-order valence-corrected chi connectivity index (χ4v) is 2.42. The normalized spacial score (nSPS) is 13.7. The van der Waals surface area contributed by atoms with Gasteiger partial charge in [0.05, 0.1) is 5.56 Å². The van der Waals surface area contributed by atoms with E-state index >= 15 is 0 Å². The molecule has 0 saturated heterocycles. The second-order valence-electron chi connectivity index (χ2n) is 5.76. The molecule has 25 heavy (non-hydrogen) atoms. The number of anilines is 1. The number of esters is 1. The van der Waals surface area contributed by atoms with Crippen molar-refractivity contribution in [3.63, 3.8) is 0 Å². The van der Waals surface area contributed by atoms with Crippen LogP contribution in [0.25, 0.3) is 0 Å². The van der Waals surface area contributed by atoms with Crippen molar-refractivity contribution >= 4 is 17.6 Å². The average molecular weight is 341 g/mol. The van der Waals surface area contributed by atoms with Gasteiger partial charge >= 0.3 is 5.97 Å². The maximum atomic E-state index is 12.3. The summed E-state index contributed by atoms with van der Waals surface area (Å²) in [5.74, 6) is 0.103. The fraction of sp³-hybridized carbons (Fsp3) is 0.263. The Balaban J connectivity index is 1.62. The molecule has 6 nitrogen and oxygen atoms in total. The van der Waals surface area contributed by atoms with Gasteiger partial charge in [-0.05, 0) is 49.7 Å². The topological polar surface area (TPSA) is 73.9 Å². The molecular weight excluding hydrogens is 322 g/mol. The second-order valence-corrected chi connectivity index (χ2v) is 5.76. The minimum absolute atomic E-state index is 0.305. The van der Waals surface area contributed by atoms with E-state index in [1.807, 2.05) is 25.1 Å². The van der Waals surface area contributed by atoms with Crippen LogP contribution in [0.4, 0.5) is 5.69 Å². The molecule has 1 amide bonds. The molecule has 1 atom stereocenters. The van der Waals surface area contributed by atoms with Crippen LogP contribution in [-0.4, -0.2) is 31.2 Å². The van der Waals surface area contributed by atoms with Crippen LogP contribution >= 0.6 is 0 Å². The Hall–Kier alpha value is -3.02. The summed E-state index contributed by atoms with van der Waals surface area (Å²) >= 11 is 0. The summed E-state index contributed by atoms with van der Waals surface area (Å²) in [6.07, 6.45) is -0.929. The summed E-state index contributed by atoms with van der Waals surface area (Å²) in [6, 6.07) is 12.2. The van der Waals surface area contributed by atoms with Crippen LogP contribution in [0.5, 0.6) is 11.5 Å². The van der Waals surface area contributed by atoms with Gasteiger partial charge in [-0.1, -0.05) is 12.1 Å². The molecule has 0 spiro atoms. The van der Waals surface area contributed by atoms with Crippen LogP contribution in [0.1, 0.15) is 22.8 Å². The molecule has 0 radical (unpaired) electrons. The Kier molecular flexibility index (Phi) is 4.88. The lowest BCUT2D eigenvalue weighted by Crippen LogP contribution is -2.30. The Bertz CT molecular complexity index is 802. The third-order valence-electron chi connectivity index (χ3n) is 3.72. The highest BCUT2D eigenvalue weighted by Gasteiger charge is 2.21. The van der Waals surface area contributed by atoms with Gasteiger partial charge in [-0.2, -0.15) is 0 Å². The molecule has 0 aliphatic carbocycles. The van der Waals surface area contributed by atoms with Crippen LogP contribution in [0.2, 0.25) is 0 Å². The summed E-state index contributed by atoms with van der Waals surface area (Å²) in [7, 11) is 0. The highest BCUT2D eigenvalue weighted by Crippen LogP contribution is 2.31. The number of amides is 1. The van der Waals surface area contributed by atoms with Crippen molar-refractivity contribution in [2.45, 2.75) is 20.0 Å². The first-order valence-electron chi connectivity index (χ1n) is 8.01. The minimum atomic E-state index is -0.929. The van der Waals surface area contributed by atoms with Crippen molar-refractivity contribution in [1.29, 1.82) is 0 Å². The first-order chi connectivity index (χ1) is 12.0. The summed E-state index contributed by atoms with van der Waals surface area (Å²) in [6.45, 7) is 4.37. The van der Waals surface area contributed by atoms with Crippen LogP contribution < -0.4 is 14.8 Å². The highest BCUT2D eigenvalue weighted by atomic mass is 16.6. The van der Waals surface area contributed by atoms with Crippen molar-refractivity contribution in [2.75, 3.05) is 18.5 Å². The zero-order chi connectivity index (χ0) is 17.8. The predicted octanol–water partition coefficient (Wildman–Crippen LogP) is 2.95. The molecule has 0 saturated carbocycles. The van der Waals surface area contributed by atoms with Crippen LogP contribution in [0.15, 0.2) is 42.5 Å². The van der Waals surface area contributed by atoms with E-state index in [0.29, 0.717) is 36.0 Å². The zero-order valence-electron chi connectivity index (χ0n) is 14.1. The Morgan fingerprint density at radius 2 is 1.84 bits per heavy atom. The van der Waals surface area contributed by atoms with Crippen molar-refractivity contribution < 1.29 is 23.8 Å². The number of ether oxygens (including phenoxy) is 3. The number of rotatable bonds is 4. The molecule has 0 unspecified atom stereocenters. The van der Waals surface area contributed by atoms with Gasteiger partial charge in [0.2, 0.25) is 0 Å². The molecule has 3 rings (SSSR count). The minimum Gasteiger partial charge on any atom is -0.486 e. The van der Waals surface area contributed by atoms with Gasteiger partial charge < -0.3 is 19.5 Å². The summed E-state index contributed by atoms with van der Waals surface area (Å²) in [5, 5.41) is 2.73. The number of benzene rings is 2. The molecule has 0 bridgehead atoms. The van der Waals surface area contributed by atoms with E-state index in [9.17, 15) is 9.59 Å². The number of aryl methyl sites for hydroxylation is 1. The molecule has 1 heterocycles. The van der Waals surface area contributed by atoms with Gasteiger partial charge in [-0.3, -0.25) is 4.79 Å². The van der Waals surface area contributed by atoms with Crippen molar-refractivity contribution in [3.8, 4) is 11.5 Å². The van der Waals surface area contributed by atoms with Crippen molar-refractivity contribution in [1.82, 2.24) is 0 Å². The van der Waals surface area contributed by atoms with Crippen LogP contribution in [0.3, 0.4) is 0 Å². The van der Waals surface area contributed by atoms with E-state index in [-0.39, 0.29) is 0 Å². The van der Waals surface area contributed by atoms with E-state index in [1.165, 1.54) is 6.92 Å². The lowest BCUT2D eigenvalue weighted by atomic mass is 10.2. The largest absolute Gasteiger partial charge is 0.486 e. The van der Waals surface area contributed by atoms with Crippen LogP contribution in [0, 0.1) is 6.92 Å². The number of hydrogen-bond acceptors (Lipinski definition) is 5. The molecule has 1 aliphatic rings. The van der Waals surface area contributed by atoms with Gasteiger partial charge in [0.1, 0.15) is 13.2 Å². The molecule has 2 aromatic carbocycles. The highest BCUT2D eigenvalue weighted by molar-refractivity contribution is 5.97. The number of nitrogens with one attached hydrogen (secondary N) is 1. The molecule has 130 valence electrons.